The zero-order valence-electron chi connectivity index (χ0n) is 18.6. The molecule has 0 spiro atoms. The first-order valence-electron chi connectivity index (χ1n) is 10.6. The monoisotopic (exact) mass is 427 g/mol. The van der Waals surface area contributed by atoms with Gasteiger partial charge in [0, 0.05) is 22.5 Å². The maximum Gasteiger partial charge on any atom is 0.336 e. The average molecular weight is 427 g/mol. The lowest BCUT2D eigenvalue weighted by atomic mass is 9.69. The molecule has 3 rings (SSSR count). The molecule has 1 heterocycles. The maximum atomic E-state index is 13.6. The summed E-state index contributed by atoms with van der Waals surface area (Å²) in [6, 6.07) is 7.34. The van der Waals surface area contributed by atoms with E-state index < -0.39 is 23.8 Å². The van der Waals surface area contributed by atoms with Gasteiger partial charge in [0.1, 0.15) is 11.7 Å². The number of rotatable bonds is 6. The second-order valence-corrected chi connectivity index (χ2v) is 7.73. The van der Waals surface area contributed by atoms with Crippen LogP contribution in [0.5, 0.6) is 5.75 Å². The van der Waals surface area contributed by atoms with Crippen molar-refractivity contribution in [2.75, 3.05) is 20.3 Å². The number of methoxy groups -OCH3 is 1. The Kier molecular flexibility index (Phi) is 6.83. The van der Waals surface area contributed by atoms with Gasteiger partial charge in [0.2, 0.25) is 0 Å². The van der Waals surface area contributed by atoms with Crippen molar-refractivity contribution in [3.63, 3.8) is 0 Å². The molecule has 7 heteroatoms. The summed E-state index contributed by atoms with van der Waals surface area (Å²) in [6.45, 7) is 7.90. The van der Waals surface area contributed by atoms with E-state index in [9.17, 15) is 14.4 Å². The number of ketones is 1. The maximum absolute atomic E-state index is 13.6. The Morgan fingerprint density at radius 2 is 1.87 bits per heavy atom. The second kappa shape index (κ2) is 9.37. The van der Waals surface area contributed by atoms with Gasteiger partial charge in [-0.3, -0.25) is 9.59 Å². The molecular weight excluding hydrogens is 398 g/mol. The number of allylic oxidation sites excluding steroid dienone is 3. The zero-order chi connectivity index (χ0) is 22.7. The van der Waals surface area contributed by atoms with Crippen LogP contribution in [-0.4, -0.2) is 38.0 Å². The molecule has 3 atom stereocenters. The first-order valence-corrected chi connectivity index (χ1v) is 10.6. The lowest BCUT2D eigenvalue weighted by molar-refractivity contribution is -0.151. The molecule has 0 aromatic heterocycles. The van der Waals surface area contributed by atoms with Crippen LogP contribution in [0.2, 0.25) is 0 Å². The summed E-state index contributed by atoms with van der Waals surface area (Å²) in [5.41, 5.74) is 2.78. The molecule has 0 saturated carbocycles. The molecule has 0 saturated heterocycles. The number of dihydropyridines is 1. The standard InChI is InChI=1S/C24H29NO6/c1-6-30-17-11-9-8-10-15(17)20-19(24(28)31-7-2)14(4)25-16-12-13(3)18(23(27)29-5)22(26)21(16)20/h8-11,13,18,20,25H,6-7,12H2,1-5H3/t13-,18+,20+/m1/s1. The summed E-state index contributed by atoms with van der Waals surface area (Å²) < 4.78 is 16.1. The van der Waals surface area contributed by atoms with E-state index in [-0.39, 0.29) is 18.3 Å². The highest BCUT2D eigenvalue weighted by atomic mass is 16.5. The van der Waals surface area contributed by atoms with Gasteiger partial charge in [-0.2, -0.15) is 0 Å². The Bertz CT molecular complexity index is 961. The molecule has 1 aliphatic heterocycles. The minimum Gasteiger partial charge on any atom is -0.494 e. The quantitative estimate of drug-likeness (QED) is 0.550. The summed E-state index contributed by atoms with van der Waals surface area (Å²) in [6.07, 6.45) is 0.488. The molecule has 2 aliphatic rings. The number of benzene rings is 1. The van der Waals surface area contributed by atoms with Crippen molar-refractivity contribution in [1.82, 2.24) is 5.32 Å². The van der Waals surface area contributed by atoms with Gasteiger partial charge in [-0.05, 0) is 39.2 Å². The minimum absolute atomic E-state index is 0.205. The highest BCUT2D eigenvalue weighted by Gasteiger charge is 2.47. The number of hydrogen-bond donors (Lipinski definition) is 1. The van der Waals surface area contributed by atoms with Crippen LogP contribution in [0.3, 0.4) is 0 Å². The molecule has 7 nitrogen and oxygen atoms in total. The molecule has 1 aromatic rings. The van der Waals surface area contributed by atoms with Crippen LogP contribution < -0.4 is 10.1 Å². The number of esters is 2. The fourth-order valence-electron chi connectivity index (χ4n) is 4.48. The van der Waals surface area contributed by atoms with Crippen molar-refractivity contribution in [1.29, 1.82) is 0 Å². The lowest BCUT2D eigenvalue weighted by Gasteiger charge is -2.38. The molecule has 31 heavy (non-hydrogen) atoms. The Balaban J connectivity index is 2.23. The Morgan fingerprint density at radius 1 is 1.16 bits per heavy atom. The van der Waals surface area contributed by atoms with Crippen molar-refractivity contribution in [3.05, 3.63) is 52.4 Å². The van der Waals surface area contributed by atoms with Crippen LogP contribution in [0.15, 0.2) is 46.8 Å². The van der Waals surface area contributed by atoms with E-state index in [1.807, 2.05) is 38.1 Å². The highest BCUT2D eigenvalue weighted by molar-refractivity contribution is 6.12. The Morgan fingerprint density at radius 3 is 2.52 bits per heavy atom. The van der Waals surface area contributed by atoms with E-state index in [4.69, 9.17) is 14.2 Å². The van der Waals surface area contributed by atoms with Gasteiger partial charge in [-0.15, -0.1) is 0 Å². The van der Waals surface area contributed by atoms with Gasteiger partial charge in [0.15, 0.2) is 5.78 Å². The summed E-state index contributed by atoms with van der Waals surface area (Å²) in [5.74, 6) is -2.68. The molecule has 0 fully saturated rings. The molecule has 0 radical (unpaired) electrons. The van der Waals surface area contributed by atoms with Crippen molar-refractivity contribution in [2.45, 2.75) is 40.0 Å². The molecule has 1 aromatic carbocycles. The third-order valence-electron chi connectivity index (χ3n) is 5.77. The molecule has 0 unspecified atom stereocenters. The van der Waals surface area contributed by atoms with Crippen molar-refractivity contribution in [2.24, 2.45) is 11.8 Å². The fraction of sp³-hybridized carbons (Fsp3) is 0.458. The van der Waals surface area contributed by atoms with E-state index in [0.29, 0.717) is 41.2 Å². The van der Waals surface area contributed by atoms with Gasteiger partial charge in [0.25, 0.3) is 0 Å². The lowest BCUT2D eigenvalue weighted by Crippen LogP contribution is -2.43. The number of carbonyl (C=O) groups is 3. The zero-order valence-corrected chi connectivity index (χ0v) is 18.6. The third-order valence-corrected chi connectivity index (χ3v) is 5.77. The molecule has 0 bridgehead atoms. The van der Waals surface area contributed by atoms with Gasteiger partial charge in [-0.1, -0.05) is 25.1 Å². The summed E-state index contributed by atoms with van der Waals surface area (Å²) in [5, 5.41) is 3.24. The van der Waals surface area contributed by atoms with Crippen LogP contribution in [-0.2, 0) is 23.9 Å². The van der Waals surface area contributed by atoms with Crippen molar-refractivity contribution >= 4 is 17.7 Å². The average Bonchev–Trinajstić information content (AvgIpc) is 2.73. The number of nitrogens with one attached hydrogen (secondary N) is 1. The fourth-order valence-corrected chi connectivity index (χ4v) is 4.48. The number of para-hydroxylation sites is 1. The molecule has 1 N–H and O–H groups in total. The summed E-state index contributed by atoms with van der Waals surface area (Å²) in [7, 11) is 1.28. The van der Waals surface area contributed by atoms with E-state index in [0.717, 1.165) is 5.70 Å². The molecular formula is C24H29NO6. The second-order valence-electron chi connectivity index (χ2n) is 7.73. The van der Waals surface area contributed by atoms with E-state index in [1.165, 1.54) is 7.11 Å². The van der Waals surface area contributed by atoms with Crippen LogP contribution >= 0.6 is 0 Å². The predicted molar refractivity (Wildman–Crippen MR) is 114 cm³/mol. The van der Waals surface area contributed by atoms with Gasteiger partial charge < -0.3 is 19.5 Å². The first kappa shape index (κ1) is 22.6. The smallest absolute Gasteiger partial charge is 0.336 e. The summed E-state index contributed by atoms with van der Waals surface area (Å²) in [4.78, 5) is 39.1. The van der Waals surface area contributed by atoms with Crippen LogP contribution in [0, 0.1) is 11.8 Å². The molecule has 1 aliphatic carbocycles. The normalized spacial score (nSPS) is 23.1. The van der Waals surface area contributed by atoms with E-state index in [2.05, 4.69) is 5.32 Å². The Hall–Kier alpha value is -3.09. The topological polar surface area (TPSA) is 90.9 Å². The third kappa shape index (κ3) is 4.09. The highest BCUT2D eigenvalue weighted by Crippen LogP contribution is 2.47. The van der Waals surface area contributed by atoms with Crippen LogP contribution in [0.4, 0.5) is 0 Å². The predicted octanol–water partition coefficient (Wildman–Crippen LogP) is 3.26. The van der Waals surface area contributed by atoms with Crippen LogP contribution in [0.25, 0.3) is 0 Å². The first-order chi connectivity index (χ1) is 14.8. The largest absolute Gasteiger partial charge is 0.494 e. The van der Waals surface area contributed by atoms with Crippen LogP contribution in [0.1, 0.15) is 45.6 Å². The molecule has 0 amide bonds. The Labute approximate surface area is 182 Å². The van der Waals surface area contributed by atoms with E-state index >= 15 is 0 Å². The number of Topliss-reactive ketones (excluding diaryl/α,β-unsaturated/α-hetero) is 1. The number of ether oxygens (including phenoxy) is 3. The minimum atomic E-state index is -0.922. The van der Waals surface area contributed by atoms with Crippen molar-refractivity contribution in [3.8, 4) is 5.75 Å². The summed E-state index contributed by atoms with van der Waals surface area (Å²) >= 11 is 0. The van der Waals surface area contributed by atoms with E-state index in [1.54, 1.807) is 13.8 Å². The number of hydrogen-bond acceptors (Lipinski definition) is 7. The van der Waals surface area contributed by atoms with Gasteiger partial charge in [-0.25, -0.2) is 4.79 Å². The van der Waals surface area contributed by atoms with Gasteiger partial charge >= 0.3 is 11.9 Å². The van der Waals surface area contributed by atoms with Crippen molar-refractivity contribution < 1.29 is 28.6 Å². The van der Waals surface area contributed by atoms with Gasteiger partial charge in [0.05, 0.1) is 31.8 Å². The SMILES string of the molecule is CCOC(=O)C1=C(C)NC2=C(C(=O)[C@@H](C(=O)OC)[C@H](C)C2)[C@H]1c1ccccc1OCC. The molecule has 166 valence electrons. The number of carbonyl (C=O) groups excluding carboxylic acids is 3.